The van der Waals surface area contributed by atoms with Crippen LogP contribution in [-0.2, 0) is 20.0 Å². The molecule has 1 fully saturated rings. The molecule has 7 heteroatoms. The van der Waals surface area contributed by atoms with Crippen molar-refractivity contribution < 1.29 is 17.6 Å². The SMILES string of the molecule is CC(C)(CNC(=O)C1(S(C)(=O)=O)CCNCC1)c1ccccc1F. The van der Waals surface area contributed by atoms with Crippen LogP contribution in [0.2, 0.25) is 0 Å². The van der Waals surface area contributed by atoms with E-state index in [1.807, 2.05) is 13.8 Å². The average Bonchev–Trinajstić information content (AvgIpc) is 2.52. The Balaban J connectivity index is 2.18. The van der Waals surface area contributed by atoms with Gasteiger partial charge in [-0.1, -0.05) is 32.0 Å². The number of hydrogen-bond acceptors (Lipinski definition) is 4. The van der Waals surface area contributed by atoms with Crippen molar-refractivity contribution in [1.29, 1.82) is 0 Å². The number of hydrogen-bond donors (Lipinski definition) is 2. The number of benzene rings is 1. The molecule has 1 amide bonds. The molecule has 1 saturated heterocycles. The number of carbonyl (C=O) groups excluding carboxylic acids is 1. The first-order valence-corrected chi connectivity index (χ1v) is 9.93. The maximum atomic E-state index is 14.0. The molecule has 2 N–H and O–H groups in total. The summed E-state index contributed by atoms with van der Waals surface area (Å²) in [7, 11) is -3.55. The largest absolute Gasteiger partial charge is 0.354 e. The number of piperidine rings is 1. The van der Waals surface area contributed by atoms with Crippen LogP contribution in [0.5, 0.6) is 0 Å². The second-order valence-electron chi connectivity index (χ2n) is 7.06. The monoisotopic (exact) mass is 356 g/mol. The third kappa shape index (κ3) is 3.62. The highest BCUT2D eigenvalue weighted by Crippen LogP contribution is 2.29. The van der Waals surface area contributed by atoms with Crippen molar-refractivity contribution in [1.82, 2.24) is 10.6 Å². The maximum Gasteiger partial charge on any atom is 0.241 e. The molecule has 0 atom stereocenters. The van der Waals surface area contributed by atoms with Crippen molar-refractivity contribution >= 4 is 15.7 Å². The number of carbonyl (C=O) groups is 1. The fourth-order valence-electron chi connectivity index (χ4n) is 3.16. The summed E-state index contributed by atoms with van der Waals surface area (Å²) < 4.78 is 37.1. The van der Waals surface area contributed by atoms with E-state index >= 15 is 0 Å². The van der Waals surface area contributed by atoms with Gasteiger partial charge in [0, 0.05) is 18.2 Å². The Morgan fingerprint density at radius 1 is 1.29 bits per heavy atom. The molecule has 0 radical (unpaired) electrons. The fraction of sp³-hybridized carbons (Fsp3) is 0.588. The van der Waals surface area contributed by atoms with Gasteiger partial charge in [-0.25, -0.2) is 12.8 Å². The summed E-state index contributed by atoms with van der Waals surface area (Å²) in [5, 5.41) is 5.83. The summed E-state index contributed by atoms with van der Waals surface area (Å²) >= 11 is 0. The molecule has 5 nitrogen and oxygen atoms in total. The van der Waals surface area contributed by atoms with Crippen LogP contribution in [0.1, 0.15) is 32.3 Å². The van der Waals surface area contributed by atoms with Crippen LogP contribution in [0.25, 0.3) is 0 Å². The molecule has 1 aliphatic rings. The zero-order valence-electron chi connectivity index (χ0n) is 14.4. The Morgan fingerprint density at radius 3 is 2.42 bits per heavy atom. The highest BCUT2D eigenvalue weighted by Gasteiger charge is 2.48. The molecule has 2 rings (SSSR count). The topological polar surface area (TPSA) is 75.3 Å². The predicted molar refractivity (Wildman–Crippen MR) is 92.1 cm³/mol. The molecular formula is C17H25FN2O3S. The first-order valence-electron chi connectivity index (χ1n) is 8.04. The Morgan fingerprint density at radius 2 is 1.88 bits per heavy atom. The van der Waals surface area contributed by atoms with Gasteiger partial charge in [0.2, 0.25) is 5.91 Å². The van der Waals surface area contributed by atoms with Crippen LogP contribution in [0, 0.1) is 5.82 Å². The average molecular weight is 356 g/mol. The van der Waals surface area contributed by atoms with Gasteiger partial charge in [-0.2, -0.15) is 0 Å². The third-order valence-electron chi connectivity index (χ3n) is 4.83. The Bertz CT molecular complexity index is 710. The van der Waals surface area contributed by atoms with Crippen molar-refractivity contribution in [2.24, 2.45) is 0 Å². The molecular weight excluding hydrogens is 331 g/mol. The van der Waals surface area contributed by atoms with Crippen molar-refractivity contribution in [3.63, 3.8) is 0 Å². The van der Waals surface area contributed by atoms with E-state index in [0.29, 0.717) is 18.7 Å². The second kappa shape index (κ2) is 6.80. The lowest BCUT2D eigenvalue weighted by atomic mass is 9.84. The van der Waals surface area contributed by atoms with Crippen LogP contribution < -0.4 is 10.6 Å². The number of nitrogens with one attached hydrogen (secondary N) is 2. The summed E-state index contributed by atoms with van der Waals surface area (Å²) in [4.78, 5) is 12.7. The van der Waals surface area contributed by atoms with Gasteiger partial charge in [0.1, 0.15) is 5.82 Å². The smallest absolute Gasteiger partial charge is 0.241 e. The van der Waals surface area contributed by atoms with Gasteiger partial charge in [-0.05, 0) is 37.6 Å². The van der Waals surface area contributed by atoms with Crippen LogP contribution >= 0.6 is 0 Å². The maximum absolute atomic E-state index is 14.0. The zero-order chi connectivity index (χ0) is 18.0. The normalized spacial score (nSPS) is 18.2. The minimum Gasteiger partial charge on any atom is -0.354 e. The van der Waals surface area contributed by atoms with E-state index in [-0.39, 0.29) is 25.2 Å². The summed E-state index contributed by atoms with van der Waals surface area (Å²) in [5.74, 6) is -0.827. The summed E-state index contributed by atoms with van der Waals surface area (Å²) in [6.07, 6.45) is 1.61. The molecule has 24 heavy (non-hydrogen) atoms. The lowest BCUT2D eigenvalue weighted by Gasteiger charge is -2.35. The highest BCUT2D eigenvalue weighted by molar-refractivity contribution is 7.92. The number of rotatable bonds is 5. The molecule has 0 aliphatic carbocycles. The summed E-state index contributed by atoms with van der Waals surface area (Å²) in [6.45, 7) is 4.77. The minimum atomic E-state index is -3.55. The number of amides is 1. The molecule has 0 aromatic heterocycles. The number of halogens is 1. The van der Waals surface area contributed by atoms with E-state index < -0.39 is 25.9 Å². The van der Waals surface area contributed by atoms with E-state index in [2.05, 4.69) is 10.6 Å². The standard InChI is InChI=1S/C17H25FN2O3S/c1-16(2,13-6-4-5-7-14(13)18)12-20-15(21)17(24(3,22)23)8-10-19-11-9-17/h4-7,19H,8-12H2,1-3H3,(H,20,21). The first-order chi connectivity index (χ1) is 11.1. The number of sulfone groups is 1. The van der Waals surface area contributed by atoms with Crippen molar-refractivity contribution in [2.45, 2.75) is 36.9 Å². The minimum absolute atomic E-state index is 0.164. The van der Waals surface area contributed by atoms with E-state index in [1.54, 1.807) is 18.2 Å². The van der Waals surface area contributed by atoms with Crippen LogP contribution in [0.4, 0.5) is 4.39 Å². The Labute approximate surface area is 142 Å². The second-order valence-corrected chi connectivity index (χ2v) is 9.39. The molecule has 1 aromatic rings. The lowest BCUT2D eigenvalue weighted by molar-refractivity contribution is -0.124. The van der Waals surface area contributed by atoms with Gasteiger partial charge < -0.3 is 10.6 Å². The third-order valence-corrected chi connectivity index (χ3v) is 6.84. The molecule has 1 heterocycles. The van der Waals surface area contributed by atoms with Crippen LogP contribution in [0.3, 0.4) is 0 Å². The Kier molecular flexibility index (Phi) is 5.34. The first kappa shape index (κ1) is 18.9. The van der Waals surface area contributed by atoms with E-state index in [9.17, 15) is 17.6 Å². The molecule has 1 aliphatic heterocycles. The molecule has 0 spiro atoms. The molecule has 134 valence electrons. The zero-order valence-corrected chi connectivity index (χ0v) is 15.2. The van der Waals surface area contributed by atoms with Gasteiger partial charge >= 0.3 is 0 Å². The lowest BCUT2D eigenvalue weighted by Crippen LogP contribution is -2.58. The quantitative estimate of drug-likeness (QED) is 0.836. The molecule has 0 bridgehead atoms. The van der Waals surface area contributed by atoms with Gasteiger partial charge in [0.05, 0.1) is 0 Å². The van der Waals surface area contributed by atoms with Gasteiger partial charge in [-0.15, -0.1) is 0 Å². The molecule has 0 saturated carbocycles. The van der Waals surface area contributed by atoms with E-state index in [1.165, 1.54) is 6.07 Å². The van der Waals surface area contributed by atoms with Crippen molar-refractivity contribution in [3.05, 3.63) is 35.6 Å². The molecule has 0 unspecified atom stereocenters. The van der Waals surface area contributed by atoms with E-state index in [4.69, 9.17) is 0 Å². The molecule has 1 aromatic carbocycles. The van der Waals surface area contributed by atoms with Crippen LogP contribution in [0.15, 0.2) is 24.3 Å². The van der Waals surface area contributed by atoms with Crippen LogP contribution in [-0.4, -0.2) is 45.0 Å². The summed E-state index contributed by atoms with van der Waals surface area (Å²) in [5.41, 5.74) is -0.156. The van der Waals surface area contributed by atoms with Gasteiger partial charge in [0.15, 0.2) is 14.6 Å². The van der Waals surface area contributed by atoms with Gasteiger partial charge in [-0.3, -0.25) is 4.79 Å². The van der Waals surface area contributed by atoms with Crippen molar-refractivity contribution in [2.75, 3.05) is 25.9 Å². The Hall–Kier alpha value is -1.47. The fourth-order valence-corrected chi connectivity index (χ4v) is 4.52. The van der Waals surface area contributed by atoms with E-state index in [0.717, 1.165) is 6.26 Å². The van der Waals surface area contributed by atoms with Crippen molar-refractivity contribution in [3.8, 4) is 0 Å². The highest BCUT2D eigenvalue weighted by atomic mass is 32.2. The van der Waals surface area contributed by atoms with Gasteiger partial charge in [0.25, 0.3) is 0 Å². The predicted octanol–water partition coefficient (Wildman–Crippen LogP) is 1.39. The summed E-state index contributed by atoms with van der Waals surface area (Å²) in [6, 6.07) is 6.41.